The number of nitrogens with zero attached hydrogens (tertiary/aromatic N) is 2. The molecule has 1 aliphatic rings. The summed E-state index contributed by atoms with van der Waals surface area (Å²) in [7, 11) is 1.52. The Labute approximate surface area is 247 Å². The van der Waals surface area contributed by atoms with Gasteiger partial charge in [0, 0.05) is 5.56 Å². The zero-order valence-corrected chi connectivity index (χ0v) is 24.1. The van der Waals surface area contributed by atoms with E-state index in [0.717, 1.165) is 26.9 Å². The van der Waals surface area contributed by atoms with Crippen LogP contribution in [0.2, 0.25) is 0 Å². The first-order valence-corrected chi connectivity index (χ1v) is 14.3. The zero-order chi connectivity index (χ0) is 29.4. The number of carbonyl (C=O) groups excluding carboxylic acids is 2. The maximum Gasteiger partial charge on any atom is 0.301 e. The Balaban J connectivity index is 1.45. The van der Waals surface area contributed by atoms with Gasteiger partial charge in [-0.05, 0) is 66.4 Å². The van der Waals surface area contributed by atoms with E-state index >= 15 is 0 Å². The summed E-state index contributed by atoms with van der Waals surface area (Å²) in [6.07, 6.45) is 0. The van der Waals surface area contributed by atoms with Crippen LogP contribution in [0.4, 0.5) is 5.13 Å². The SMILES string of the molecule is COc1cccc(C(O)=C2C(=O)C(=O)N(c3nc4c(C)cc(C)cc4s3)C2c2ccc(OCc3ccccc3)cc2)c1. The number of ketones is 1. The lowest BCUT2D eigenvalue weighted by Crippen LogP contribution is -2.29. The second-order valence-corrected chi connectivity index (χ2v) is 11.2. The van der Waals surface area contributed by atoms with Crippen molar-refractivity contribution in [2.45, 2.75) is 26.5 Å². The maximum atomic E-state index is 13.7. The van der Waals surface area contributed by atoms with E-state index in [1.807, 2.05) is 68.4 Å². The number of hydrogen-bond donors (Lipinski definition) is 1. The summed E-state index contributed by atoms with van der Waals surface area (Å²) in [5, 5.41) is 11.9. The van der Waals surface area contributed by atoms with Crippen LogP contribution in [0.25, 0.3) is 16.0 Å². The van der Waals surface area contributed by atoms with Gasteiger partial charge in [0.25, 0.3) is 5.78 Å². The second kappa shape index (κ2) is 11.1. The van der Waals surface area contributed by atoms with Gasteiger partial charge < -0.3 is 14.6 Å². The molecule has 1 aliphatic heterocycles. The van der Waals surface area contributed by atoms with Crippen LogP contribution >= 0.6 is 11.3 Å². The lowest BCUT2D eigenvalue weighted by atomic mass is 9.95. The Morgan fingerprint density at radius 3 is 2.43 bits per heavy atom. The number of aliphatic hydroxyl groups is 1. The first kappa shape index (κ1) is 27.2. The third kappa shape index (κ3) is 5.01. The van der Waals surface area contributed by atoms with Gasteiger partial charge in [0.1, 0.15) is 23.9 Å². The van der Waals surface area contributed by atoms with Crippen LogP contribution in [0.3, 0.4) is 0 Å². The van der Waals surface area contributed by atoms with Gasteiger partial charge in [-0.15, -0.1) is 0 Å². The Morgan fingerprint density at radius 1 is 0.929 bits per heavy atom. The molecule has 1 fully saturated rings. The van der Waals surface area contributed by atoms with E-state index in [0.29, 0.717) is 34.4 Å². The van der Waals surface area contributed by atoms with Crippen molar-refractivity contribution in [3.63, 3.8) is 0 Å². The molecule has 42 heavy (non-hydrogen) atoms. The van der Waals surface area contributed by atoms with Gasteiger partial charge in [0.2, 0.25) is 0 Å². The lowest BCUT2D eigenvalue weighted by molar-refractivity contribution is -0.132. The van der Waals surface area contributed by atoms with Crippen LogP contribution in [0.5, 0.6) is 11.5 Å². The summed E-state index contributed by atoms with van der Waals surface area (Å²) in [6.45, 7) is 4.38. The number of aryl methyl sites for hydroxylation is 2. The summed E-state index contributed by atoms with van der Waals surface area (Å²) < 4.78 is 12.2. The topological polar surface area (TPSA) is 89.0 Å². The van der Waals surface area contributed by atoms with Crippen LogP contribution in [0, 0.1) is 13.8 Å². The van der Waals surface area contributed by atoms with Crippen molar-refractivity contribution in [1.82, 2.24) is 4.98 Å². The number of fused-ring (bicyclic) bond motifs is 1. The molecule has 4 aromatic carbocycles. The monoisotopic (exact) mass is 576 g/mol. The van der Waals surface area contributed by atoms with Crippen molar-refractivity contribution >= 4 is 44.1 Å². The summed E-state index contributed by atoms with van der Waals surface area (Å²) in [4.78, 5) is 33.5. The smallest absolute Gasteiger partial charge is 0.301 e. The van der Waals surface area contributed by atoms with Gasteiger partial charge in [0.15, 0.2) is 5.13 Å². The minimum Gasteiger partial charge on any atom is -0.507 e. The number of ether oxygens (including phenoxy) is 2. The van der Waals surface area contributed by atoms with Crippen molar-refractivity contribution < 1.29 is 24.2 Å². The Morgan fingerprint density at radius 2 is 1.69 bits per heavy atom. The van der Waals surface area contributed by atoms with Crippen LogP contribution in [-0.4, -0.2) is 28.9 Å². The summed E-state index contributed by atoms with van der Waals surface area (Å²) in [5.41, 5.74) is 4.87. The third-order valence-corrected chi connectivity index (χ3v) is 8.26. The largest absolute Gasteiger partial charge is 0.507 e. The van der Waals surface area contributed by atoms with E-state index in [2.05, 4.69) is 0 Å². The summed E-state index contributed by atoms with van der Waals surface area (Å²) >= 11 is 1.34. The highest BCUT2D eigenvalue weighted by Gasteiger charge is 2.48. The van der Waals surface area contributed by atoms with Crippen LogP contribution < -0.4 is 14.4 Å². The average Bonchev–Trinajstić information content (AvgIpc) is 3.54. The van der Waals surface area contributed by atoms with E-state index in [1.165, 1.54) is 23.3 Å². The van der Waals surface area contributed by atoms with Crippen molar-refractivity contribution in [3.05, 3.63) is 124 Å². The van der Waals surface area contributed by atoms with E-state index in [1.54, 1.807) is 36.4 Å². The standard InChI is InChI=1S/C34H28N2O5S/c1-20-16-21(2)29-27(17-20)42-34(35-29)36-30(23-12-14-25(15-13-23)41-19-22-8-5-4-6-9-22)28(32(38)33(36)39)31(37)24-10-7-11-26(18-24)40-3/h4-18,30,37H,19H2,1-3H3. The number of Topliss-reactive ketones (excluding diaryl/α,β-unsaturated/α-hetero) is 1. The van der Waals surface area contributed by atoms with Crippen LogP contribution in [0.15, 0.2) is 96.6 Å². The van der Waals surface area contributed by atoms with Gasteiger partial charge >= 0.3 is 5.91 Å². The molecule has 1 atom stereocenters. The molecule has 5 aromatic rings. The molecule has 8 heteroatoms. The van der Waals surface area contributed by atoms with Gasteiger partial charge in [-0.3, -0.25) is 14.5 Å². The number of thiazole rings is 1. The molecule has 1 saturated heterocycles. The summed E-state index contributed by atoms with van der Waals surface area (Å²) in [5.74, 6) is -0.656. The Kier molecular flexibility index (Phi) is 7.22. The lowest BCUT2D eigenvalue weighted by Gasteiger charge is -2.23. The van der Waals surface area contributed by atoms with Gasteiger partial charge in [-0.1, -0.05) is 72.0 Å². The quantitative estimate of drug-likeness (QED) is 0.126. The number of anilines is 1. The van der Waals surface area contributed by atoms with Gasteiger partial charge in [-0.2, -0.15) is 0 Å². The highest BCUT2D eigenvalue weighted by atomic mass is 32.1. The molecule has 210 valence electrons. The van der Waals surface area contributed by atoms with E-state index in [4.69, 9.17) is 14.5 Å². The fraction of sp³-hybridized carbons (Fsp3) is 0.147. The molecule has 0 bridgehead atoms. The predicted octanol–water partition coefficient (Wildman–Crippen LogP) is 7.13. The molecule has 1 aromatic heterocycles. The number of carbonyl (C=O) groups is 2. The first-order chi connectivity index (χ1) is 20.3. The highest BCUT2D eigenvalue weighted by Crippen LogP contribution is 2.45. The normalized spacial score (nSPS) is 16.3. The molecular weight excluding hydrogens is 548 g/mol. The second-order valence-electron chi connectivity index (χ2n) is 10.2. The number of hydrogen-bond acceptors (Lipinski definition) is 7. The first-order valence-electron chi connectivity index (χ1n) is 13.4. The zero-order valence-electron chi connectivity index (χ0n) is 23.3. The van der Waals surface area contributed by atoms with Crippen molar-refractivity contribution in [1.29, 1.82) is 0 Å². The van der Waals surface area contributed by atoms with Crippen molar-refractivity contribution in [3.8, 4) is 11.5 Å². The molecule has 1 unspecified atom stereocenters. The summed E-state index contributed by atoms with van der Waals surface area (Å²) in [6, 6.07) is 27.0. The number of aromatic nitrogens is 1. The molecule has 0 aliphatic carbocycles. The van der Waals surface area contributed by atoms with E-state index in [-0.39, 0.29) is 11.3 Å². The molecule has 1 N–H and O–H groups in total. The van der Waals surface area contributed by atoms with Gasteiger partial charge in [0.05, 0.1) is 28.9 Å². The molecule has 0 saturated carbocycles. The van der Waals surface area contributed by atoms with Crippen molar-refractivity contribution in [2.75, 3.05) is 12.0 Å². The molecule has 7 nitrogen and oxygen atoms in total. The number of benzene rings is 4. The minimum absolute atomic E-state index is 0.0154. The van der Waals surface area contributed by atoms with Crippen molar-refractivity contribution in [2.24, 2.45) is 0 Å². The van der Waals surface area contributed by atoms with Crippen LogP contribution in [0.1, 0.15) is 33.9 Å². The third-order valence-electron chi connectivity index (χ3n) is 7.26. The molecule has 0 spiro atoms. The fourth-order valence-electron chi connectivity index (χ4n) is 5.22. The average molecular weight is 577 g/mol. The van der Waals surface area contributed by atoms with E-state index in [9.17, 15) is 14.7 Å². The number of methoxy groups -OCH3 is 1. The van der Waals surface area contributed by atoms with Crippen LogP contribution in [-0.2, 0) is 16.2 Å². The van der Waals surface area contributed by atoms with Gasteiger partial charge in [-0.25, -0.2) is 4.98 Å². The highest BCUT2D eigenvalue weighted by molar-refractivity contribution is 7.22. The minimum atomic E-state index is -0.902. The molecule has 0 radical (unpaired) electrons. The molecule has 1 amide bonds. The Hall–Kier alpha value is -4.95. The Bertz CT molecular complexity index is 1840. The number of aliphatic hydroxyl groups excluding tert-OH is 1. The number of rotatable bonds is 7. The fourth-order valence-corrected chi connectivity index (χ4v) is 6.39. The maximum absolute atomic E-state index is 13.7. The van der Waals surface area contributed by atoms with E-state index < -0.39 is 17.7 Å². The number of amides is 1. The predicted molar refractivity (Wildman–Crippen MR) is 164 cm³/mol. The molecular formula is C34H28N2O5S. The molecule has 2 heterocycles. The molecule has 6 rings (SSSR count).